The van der Waals surface area contributed by atoms with Crippen LogP contribution in [0.1, 0.15) is 84.5 Å². The zero-order chi connectivity index (χ0) is 44.9. The van der Waals surface area contributed by atoms with E-state index in [2.05, 4.69) is 9.84 Å². The number of amides is 3. The number of unbranched alkanes of at least 4 members (excludes halogenated alkanes) is 5. The Kier molecular flexibility index (Phi) is 21.7. The first kappa shape index (κ1) is 52.2. The Labute approximate surface area is 360 Å². The minimum atomic E-state index is -4.70. The summed E-state index contributed by atoms with van der Waals surface area (Å²) < 4.78 is 44.1. The van der Waals surface area contributed by atoms with Crippen LogP contribution in [0.2, 0.25) is 0 Å². The molecule has 4 rings (SSSR count). The van der Waals surface area contributed by atoms with Crippen LogP contribution in [0.15, 0.2) is 0 Å². The molecule has 61 heavy (non-hydrogen) atoms. The van der Waals surface area contributed by atoms with Crippen LogP contribution in [0.5, 0.6) is 0 Å². The molecule has 1 aliphatic carbocycles. The first-order valence-corrected chi connectivity index (χ1v) is 23.8. The Morgan fingerprint density at radius 1 is 0.820 bits per heavy atom. The van der Waals surface area contributed by atoms with Crippen LogP contribution in [0.4, 0.5) is 0 Å². The molecule has 3 saturated heterocycles. The molecular weight excluding hydrogens is 851 g/mol. The van der Waals surface area contributed by atoms with E-state index in [0.29, 0.717) is 50.7 Å². The topological polar surface area (TPSA) is 324 Å². The van der Waals surface area contributed by atoms with Crippen molar-refractivity contribution in [2.75, 3.05) is 45.3 Å². The molecule has 0 radical (unpaired) electrons. The molecule has 21 nitrogen and oxygen atoms in total. The minimum Gasteiger partial charge on any atom is -0.756 e. The van der Waals surface area contributed by atoms with E-state index in [1.54, 1.807) is 0 Å². The molecule has 4 fully saturated rings. The lowest BCUT2D eigenvalue weighted by Gasteiger charge is -2.45. The standard InChI is InChI=1S/C38H67N2O19PS/c1-21-16-23(24(17-22(21)2)57-38-35(49)32(46)30(44)25(19-41)58-38)55-20-26-31(45)33(47)34(48)37(59-26)54-14-11-39-28(42)10-6-5-7-12-40-29(43)18-27(36(40)50)61-15-9-4-3-8-13-56-60(51,52)53/h21-27,30-35,37-38,41,44-49H,3-20H2,1-2H3,(H,39,42)(H2,51,52,53)/p-1/t21?,22-,23-,24?,25?,26?,27?,30+,31+,32-,33-,34?,35?,37-,38-/m0/s1. The summed E-state index contributed by atoms with van der Waals surface area (Å²) in [7, 11) is -4.70. The summed E-state index contributed by atoms with van der Waals surface area (Å²) in [6.07, 6.45) is -10.1. The second-order valence-electron chi connectivity index (χ2n) is 16.4. The van der Waals surface area contributed by atoms with Crippen LogP contribution in [-0.2, 0) is 47.2 Å². The normalized spacial score (nSPS) is 36.9. The van der Waals surface area contributed by atoms with E-state index in [1.807, 2.05) is 13.8 Å². The van der Waals surface area contributed by atoms with Gasteiger partial charge in [0.25, 0.3) is 7.82 Å². The number of ether oxygens (including phenoxy) is 5. The fourth-order valence-corrected chi connectivity index (χ4v) is 9.29. The number of imide groups is 1. The van der Waals surface area contributed by atoms with E-state index in [-0.39, 0.29) is 75.3 Å². The quantitative estimate of drug-likeness (QED) is 0.0272. The summed E-state index contributed by atoms with van der Waals surface area (Å²) in [4.78, 5) is 58.1. The van der Waals surface area contributed by atoms with Crippen molar-refractivity contribution in [1.29, 1.82) is 0 Å². The van der Waals surface area contributed by atoms with E-state index >= 15 is 0 Å². The summed E-state index contributed by atoms with van der Waals surface area (Å²) in [5, 5.41) is 74.7. The van der Waals surface area contributed by atoms with Gasteiger partial charge in [-0.3, -0.25) is 23.8 Å². The van der Waals surface area contributed by atoms with E-state index < -0.39 is 93.3 Å². The highest BCUT2D eigenvalue weighted by Crippen LogP contribution is 2.36. The van der Waals surface area contributed by atoms with Gasteiger partial charge in [-0.15, -0.1) is 11.8 Å². The smallest absolute Gasteiger partial charge is 0.265 e. The van der Waals surface area contributed by atoms with Gasteiger partial charge in [-0.25, -0.2) is 0 Å². The molecule has 0 aromatic carbocycles. The first-order valence-electron chi connectivity index (χ1n) is 21.2. The fraction of sp³-hybridized carbons (Fsp3) is 0.921. The Bertz CT molecular complexity index is 1410. The maximum Gasteiger partial charge on any atom is 0.265 e. The van der Waals surface area contributed by atoms with Crippen LogP contribution in [0.3, 0.4) is 0 Å². The zero-order valence-corrected chi connectivity index (χ0v) is 36.5. The van der Waals surface area contributed by atoms with Gasteiger partial charge >= 0.3 is 0 Å². The number of phosphoric acid groups is 1. The number of phosphoric ester groups is 1. The molecule has 23 heteroatoms. The number of likely N-dealkylation sites (tertiary alicyclic amines) is 1. The van der Waals surface area contributed by atoms with E-state index in [4.69, 9.17) is 28.6 Å². The van der Waals surface area contributed by atoms with Gasteiger partial charge in [0.2, 0.25) is 17.7 Å². The number of nitrogens with one attached hydrogen (secondary N) is 1. The molecule has 9 N–H and O–H groups in total. The Balaban J connectivity index is 1.11. The molecule has 16 atom stereocenters. The molecule has 0 aromatic rings. The van der Waals surface area contributed by atoms with Gasteiger partial charge in [-0.1, -0.05) is 33.1 Å². The molecule has 8 unspecified atom stereocenters. The van der Waals surface area contributed by atoms with Gasteiger partial charge in [0.05, 0.1) is 43.9 Å². The predicted molar refractivity (Wildman–Crippen MR) is 212 cm³/mol. The van der Waals surface area contributed by atoms with Crippen molar-refractivity contribution < 1.29 is 92.7 Å². The van der Waals surface area contributed by atoms with Crippen molar-refractivity contribution >= 4 is 37.3 Å². The molecule has 0 spiro atoms. The number of hydrogen-bond acceptors (Lipinski definition) is 19. The highest BCUT2D eigenvalue weighted by molar-refractivity contribution is 8.00. The lowest BCUT2D eigenvalue weighted by Crippen LogP contribution is -2.61. The maximum atomic E-state index is 12.8. The number of carbonyl (C=O) groups excluding carboxylic acids is 3. The highest BCUT2D eigenvalue weighted by atomic mass is 32.2. The molecule has 1 saturated carbocycles. The second-order valence-corrected chi connectivity index (χ2v) is 18.9. The minimum absolute atomic E-state index is 0.0545. The average molecular weight is 918 g/mol. The largest absolute Gasteiger partial charge is 0.756 e. The third-order valence-corrected chi connectivity index (χ3v) is 13.5. The third-order valence-electron chi connectivity index (χ3n) is 11.7. The van der Waals surface area contributed by atoms with Crippen molar-refractivity contribution in [3.63, 3.8) is 0 Å². The predicted octanol–water partition coefficient (Wildman–Crippen LogP) is -1.98. The van der Waals surface area contributed by atoms with E-state index in [1.165, 1.54) is 16.7 Å². The van der Waals surface area contributed by atoms with Gasteiger partial charge in [0.15, 0.2) is 12.6 Å². The van der Waals surface area contributed by atoms with Crippen LogP contribution >= 0.6 is 19.6 Å². The fourth-order valence-electron chi connectivity index (χ4n) is 7.75. The van der Waals surface area contributed by atoms with Gasteiger partial charge in [-0.05, 0) is 56.1 Å². The zero-order valence-electron chi connectivity index (χ0n) is 34.8. The summed E-state index contributed by atoms with van der Waals surface area (Å²) in [5.41, 5.74) is 0. The third kappa shape index (κ3) is 15.9. The number of aliphatic hydroxyl groups is 7. The van der Waals surface area contributed by atoms with Gasteiger partial charge in [0, 0.05) is 25.9 Å². The van der Waals surface area contributed by atoms with Crippen molar-refractivity contribution in [3.05, 3.63) is 0 Å². The number of thioether (sulfide) groups is 1. The Morgan fingerprint density at radius 3 is 2.13 bits per heavy atom. The SMILES string of the molecule is CC1C[C@H](OCC2O[C@H](OCCNC(=O)CCCCCN3C(=O)CC(SCCCCCCOP(=O)([O-])O)C3=O)C(O)[C@@H](O)[C@@H]2O)C(O[C@H]2OC(CO)[C@@H](O)[C@H](O)C2O)C[C@@H]1C. The van der Waals surface area contributed by atoms with Crippen molar-refractivity contribution in [2.45, 2.75) is 163 Å². The van der Waals surface area contributed by atoms with Crippen molar-refractivity contribution in [2.24, 2.45) is 11.8 Å². The highest BCUT2D eigenvalue weighted by Gasteiger charge is 2.48. The second kappa shape index (κ2) is 25.3. The summed E-state index contributed by atoms with van der Waals surface area (Å²) in [6, 6.07) is 0. The molecule has 4 aliphatic rings. The number of nitrogens with zero attached hydrogens (tertiary/aromatic N) is 1. The molecule has 0 bridgehead atoms. The maximum absolute atomic E-state index is 12.8. The van der Waals surface area contributed by atoms with Gasteiger partial charge in [0.1, 0.15) is 48.8 Å². The summed E-state index contributed by atoms with van der Waals surface area (Å²) in [5.74, 6) is 0.333. The molecular formula is C38H66N2O19PS-. The van der Waals surface area contributed by atoms with Crippen molar-refractivity contribution in [1.82, 2.24) is 10.2 Å². The van der Waals surface area contributed by atoms with Gasteiger partial charge in [-0.2, -0.15) is 0 Å². The monoisotopic (exact) mass is 917 g/mol. The number of carbonyl (C=O) groups is 3. The van der Waals surface area contributed by atoms with Crippen LogP contribution in [0.25, 0.3) is 0 Å². The van der Waals surface area contributed by atoms with E-state index in [9.17, 15) is 59.6 Å². The summed E-state index contributed by atoms with van der Waals surface area (Å²) >= 11 is 1.42. The van der Waals surface area contributed by atoms with E-state index in [0.717, 1.165) is 12.8 Å². The van der Waals surface area contributed by atoms with Crippen LogP contribution in [-0.4, -0.2) is 187 Å². The molecule has 3 aliphatic heterocycles. The Morgan fingerprint density at radius 2 is 1.44 bits per heavy atom. The Hall–Kier alpha value is -1.41. The van der Waals surface area contributed by atoms with Crippen LogP contribution < -0.4 is 10.2 Å². The van der Waals surface area contributed by atoms with Gasteiger partial charge < -0.3 is 79.1 Å². The number of hydrogen-bond donors (Lipinski definition) is 9. The van der Waals surface area contributed by atoms with Crippen molar-refractivity contribution in [3.8, 4) is 0 Å². The molecule has 3 heterocycles. The average Bonchev–Trinajstić information content (AvgIpc) is 3.48. The number of aliphatic hydroxyl groups excluding tert-OH is 7. The lowest BCUT2D eigenvalue weighted by atomic mass is 9.78. The molecule has 0 aromatic heterocycles. The lowest BCUT2D eigenvalue weighted by molar-refractivity contribution is -0.327. The first-order chi connectivity index (χ1) is 28.9. The molecule has 354 valence electrons. The van der Waals surface area contributed by atoms with Crippen LogP contribution in [0, 0.1) is 11.8 Å². The molecule has 3 amide bonds. The summed E-state index contributed by atoms with van der Waals surface area (Å²) in [6.45, 7) is 3.34. The number of rotatable bonds is 25.